The number of carbonyl (C=O) groups excluding carboxylic acids is 1. The van der Waals surface area contributed by atoms with Crippen molar-refractivity contribution in [3.05, 3.63) is 47.8 Å². The van der Waals surface area contributed by atoms with Crippen LogP contribution in [0.2, 0.25) is 0 Å². The second-order valence-electron chi connectivity index (χ2n) is 7.23. The Balaban J connectivity index is 1.21. The largest absolute Gasteiger partial charge is 0.464 e. The molecule has 0 saturated carbocycles. The van der Waals surface area contributed by atoms with Gasteiger partial charge in [-0.25, -0.2) is 0 Å². The van der Waals surface area contributed by atoms with E-state index >= 15 is 0 Å². The zero-order valence-corrected chi connectivity index (χ0v) is 14.6. The molecule has 1 aromatic carbocycles. The Labute approximate surface area is 150 Å². The maximum absolute atomic E-state index is 12.4. The number of aromatic nitrogens is 2. The number of likely N-dealkylation sites (tertiary alicyclic amines) is 2. The zero-order valence-electron chi connectivity index (χ0n) is 14.6. The molecule has 2 saturated heterocycles. The van der Waals surface area contributed by atoms with Crippen LogP contribution in [0, 0.1) is 6.92 Å². The second-order valence-corrected chi connectivity index (χ2v) is 7.23. The molecule has 0 N–H and O–H groups in total. The van der Waals surface area contributed by atoms with Gasteiger partial charge in [-0.15, -0.1) is 0 Å². The van der Waals surface area contributed by atoms with E-state index < -0.39 is 0 Å². The average Bonchev–Trinajstić information content (AvgIpc) is 3.30. The molecule has 0 bridgehead atoms. The predicted octanol–water partition coefficient (Wildman–Crippen LogP) is 2.32. The van der Waals surface area contributed by atoms with Crippen LogP contribution < -0.4 is 0 Å². The molecule has 2 aliphatic heterocycles. The Kier molecular flexibility index (Phi) is 3.56. The van der Waals surface area contributed by atoms with Crippen molar-refractivity contribution in [1.29, 1.82) is 0 Å². The number of rotatable bonds is 4. The van der Waals surface area contributed by atoms with E-state index in [-0.39, 0.29) is 17.9 Å². The molecule has 0 spiro atoms. The summed E-state index contributed by atoms with van der Waals surface area (Å²) in [6.45, 7) is 5.10. The number of aryl methyl sites for hydroxylation is 1. The monoisotopic (exact) mass is 352 g/mol. The molecule has 7 heteroatoms. The second kappa shape index (κ2) is 5.95. The van der Waals surface area contributed by atoms with E-state index in [9.17, 15) is 4.79 Å². The molecular weight excluding hydrogens is 332 g/mol. The van der Waals surface area contributed by atoms with Crippen molar-refractivity contribution in [2.75, 3.05) is 19.6 Å². The van der Waals surface area contributed by atoms with Crippen LogP contribution in [0.3, 0.4) is 0 Å². The van der Waals surface area contributed by atoms with E-state index in [0.717, 1.165) is 25.2 Å². The number of para-hydroxylation sites is 1. The molecule has 26 heavy (non-hydrogen) atoms. The average molecular weight is 352 g/mol. The number of furan rings is 1. The Bertz CT molecular complexity index is 957. The molecule has 2 aromatic heterocycles. The molecule has 1 atom stereocenters. The molecular formula is C19H20N4O3. The summed E-state index contributed by atoms with van der Waals surface area (Å²) in [5.41, 5.74) is 2.12. The van der Waals surface area contributed by atoms with Crippen LogP contribution in [-0.2, 0) is 11.3 Å². The van der Waals surface area contributed by atoms with E-state index in [1.165, 1.54) is 10.9 Å². The Morgan fingerprint density at radius 2 is 2.08 bits per heavy atom. The van der Waals surface area contributed by atoms with Crippen molar-refractivity contribution in [3.63, 3.8) is 0 Å². The van der Waals surface area contributed by atoms with Crippen molar-refractivity contribution < 1.29 is 13.7 Å². The Hall–Kier alpha value is -2.67. The number of amides is 1. The molecule has 7 nitrogen and oxygen atoms in total. The summed E-state index contributed by atoms with van der Waals surface area (Å²) in [5, 5.41) is 5.00. The van der Waals surface area contributed by atoms with Gasteiger partial charge in [0.15, 0.2) is 5.82 Å². The predicted molar refractivity (Wildman–Crippen MR) is 93.4 cm³/mol. The minimum atomic E-state index is 0.0237. The first-order chi connectivity index (χ1) is 12.7. The van der Waals surface area contributed by atoms with Gasteiger partial charge in [-0.3, -0.25) is 9.69 Å². The van der Waals surface area contributed by atoms with Gasteiger partial charge in [0.25, 0.3) is 0 Å². The van der Waals surface area contributed by atoms with Gasteiger partial charge in [0.05, 0.1) is 18.2 Å². The smallest absolute Gasteiger partial charge is 0.232 e. The minimum Gasteiger partial charge on any atom is -0.464 e. The van der Waals surface area contributed by atoms with Crippen LogP contribution >= 0.6 is 0 Å². The third kappa shape index (κ3) is 2.59. The minimum absolute atomic E-state index is 0.0237. The highest BCUT2D eigenvalue weighted by Gasteiger charge is 2.42. The first-order valence-electron chi connectivity index (χ1n) is 8.94. The fourth-order valence-corrected chi connectivity index (χ4v) is 3.99. The van der Waals surface area contributed by atoms with Crippen molar-refractivity contribution in [3.8, 4) is 0 Å². The Morgan fingerprint density at radius 1 is 1.23 bits per heavy atom. The molecule has 1 amide bonds. The summed E-state index contributed by atoms with van der Waals surface area (Å²) in [6.07, 6.45) is 2.30. The van der Waals surface area contributed by atoms with E-state index in [2.05, 4.69) is 21.1 Å². The third-order valence-corrected chi connectivity index (χ3v) is 5.38. The molecule has 0 aliphatic carbocycles. The molecule has 2 aliphatic rings. The number of fused-ring (bicyclic) bond motifs is 1. The summed E-state index contributed by atoms with van der Waals surface area (Å²) in [7, 11) is 0. The summed E-state index contributed by atoms with van der Waals surface area (Å²) >= 11 is 0. The van der Waals surface area contributed by atoms with Crippen LogP contribution in [-0.4, -0.2) is 51.5 Å². The molecule has 4 heterocycles. The van der Waals surface area contributed by atoms with E-state index in [1.807, 2.05) is 29.4 Å². The fraction of sp³-hybridized carbons (Fsp3) is 0.421. The van der Waals surface area contributed by atoms with Gasteiger partial charge in [-0.2, -0.15) is 4.98 Å². The maximum atomic E-state index is 12.4. The highest BCUT2D eigenvalue weighted by molar-refractivity contribution is 5.81. The highest BCUT2D eigenvalue weighted by atomic mass is 16.5. The zero-order chi connectivity index (χ0) is 17.7. The van der Waals surface area contributed by atoms with Gasteiger partial charge in [0.1, 0.15) is 5.58 Å². The number of nitrogens with zero attached hydrogens (tertiary/aromatic N) is 4. The van der Waals surface area contributed by atoms with E-state index in [0.29, 0.717) is 24.7 Å². The molecule has 5 rings (SSSR count). The first-order valence-corrected chi connectivity index (χ1v) is 8.94. The maximum Gasteiger partial charge on any atom is 0.232 e. The number of benzene rings is 1. The molecule has 0 radical (unpaired) electrons. The van der Waals surface area contributed by atoms with E-state index in [1.54, 1.807) is 6.92 Å². The topological polar surface area (TPSA) is 75.6 Å². The lowest BCUT2D eigenvalue weighted by Crippen LogP contribution is -2.59. The lowest BCUT2D eigenvalue weighted by atomic mass is 10.1. The fourth-order valence-electron chi connectivity index (χ4n) is 3.99. The standard InChI is InChI=1S/C19H20N4O3/c1-12-20-19(26-21-12)13-6-18(24)23(8-13)15-9-22(10-15)7-14-11-25-17-5-3-2-4-16(14)17/h2-5,11,13,15H,6-10H2,1H3. The highest BCUT2D eigenvalue weighted by Crippen LogP contribution is 2.32. The summed E-state index contributed by atoms with van der Waals surface area (Å²) in [5.74, 6) is 1.41. The van der Waals surface area contributed by atoms with Crippen LogP contribution in [0.4, 0.5) is 0 Å². The molecule has 2 fully saturated rings. The van der Waals surface area contributed by atoms with E-state index in [4.69, 9.17) is 8.94 Å². The van der Waals surface area contributed by atoms with Gasteiger partial charge in [-0.1, -0.05) is 23.4 Å². The lowest BCUT2D eigenvalue weighted by Gasteiger charge is -2.44. The van der Waals surface area contributed by atoms with Gasteiger partial charge in [0.2, 0.25) is 11.8 Å². The van der Waals surface area contributed by atoms with Gasteiger partial charge in [-0.05, 0) is 13.0 Å². The number of carbonyl (C=O) groups is 1. The van der Waals surface area contributed by atoms with Gasteiger partial charge >= 0.3 is 0 Å². The number of hydrogen-bond donors (Lipinski definition) is 0. The van der Waals surface area contributed by atoms with Gasteiger partial charge in [0, 0.05) is 43.5 Å². The summed E-state index contributed by atoms with van der Waals surface area (Å²) in [4.78, 5) is 21.0. The Morgan fingerprint density at radius 3 is 2.88 bits per heavy atom. The van der Waals surface area contributed by atoms with Crippen LogP contribution in [0.1, 0.15) is 29.6 Å². The molecule has 1 unspecified atom stereocenters. The van der Waals surface area contributed by atoms with Crippen LogP contribution in [0.5, 0.6) is 0 Å². The first kappa shape index (κ1) is 15.6. The van der Waals surface area contributed by atoms with Gasteiger partial charge < -0.3 is 13.8 Å². The SMILES string of the molecule is Cc1noc(C2CC(=O)N(C3CN(Cc4coc5ccccc45)C3)C2)n1. The summed E-state index contributed by atoms with van der Waals surface area (Å²) in [6, 6.07) is 8.36. The molecule has 134 valence electrons. The number of hydrogen-bond acceptors (Lipinski definition) is 6. The van der Waals surface area contributed by atoms with Crippen molar-refractivity contribution in [1.82, 2.24) is 19.9 Å². The van der Waals surface area contributed by atoms with Crippen molar-refractivity contribution in [2.45, 2.75) is 31.8 Å². The lowest BCUT2D eigenvalue weighted by molar-refractivity contribution is -0.133. The van der Waals surface area contributed by atoms with Crippen LogP contribution in [0.25, 0.3) is 11.0 Å². The molecule has 3 aromatic rings. The normalized spacial score (nSPS) is 21.7. The third-order valence-electron chi connectivity index (χ3n) is 5.38. The quantitative estimate of drug-likeness (QED) is 0.717. The van der Waals surface area contributed by atoms with Crippen molar-refractivity contribution in [2.24, 2.45) is 0 Å². The van der Waals surface area contributed by atoms with Crippen molar-refractivity contribution >= 4 is 16.9 Å². The summed E-state index contributed by atoms with van der Waals surface area (Å²) < 4.78 is 10.9. The van der Waals surface area contributed by atoms with Crippen LogP contribution in [0.15, 0.2) is 39.5 Å².